The van der Waals surface area contributed by atoms with Crippen LogP contribution in [0.4, 0.5) is 11.4 Å². The molecule has 0 aliphatic carbocycles. The fraction of sp³-hybridized carbons (Fsp3) is 0.133. The Hall–Kier alpha value is -2.69. The van der Waals surface area contributed by atoms with Gasteiger partial charge in [-0.25, -0.2) is 4.79 Å². The molecule has 1 aliphatic heterocycles. The van der Waals surface area contributed by atoms with Crippen molar-refractivity contribution >= 4 is 17.3 Å². The Morgan fingerprint density at radius 3 is 2.90 bits per heavy atom. The smallest absolute Gasteiger partial charge is 0.337 e. The molecule has 0 saturated heterocycles. The predicted octanol–water partition coefficient (Wildman–Crippen LogP) is 2.51. The zero-order chi connectivity index (χ0) is 14.1. The number of benzene rings is 2. The quantitative estimate of drug-likeness (QED) is 0.746. The standard InChI is InChI=1S/C15H14N2O3/c16-9-5-6-12(11(7-9)15(18)19)17-13-8-20-14-4-2-1-3-10(13)14/h1-7,13,17H,8,16H2,(H,18,19). The van der Waals surface area contributed by atoms with Crippen molar-refractivity contribution in [3.63, 3.8) is 0 Å². The lowest BCUT2D eigenvalue weighted by molar-refractivity contribution is 0.0698. The zero-order valence-electron chi connectivity index (χ0n) is 10.7. The van der Waals surface area contributed by atoms with Gasteiger partial charge in [0.25, 0.3) is 0 Å². The Morgan fingerprint density at radius 1 is 1.30 bits per heavy atom. The summed E-state index contributed by atoms with van der Waals surface area (Å²) in [4.78, 5) is 11.3. The Balaban J connectivity index is 1.92. The number of ether oxygens (including phenoxy) is 1. The second-order valence-corrected chi connectivity index (χ2v) is 4.66. The maximum atomic E-state index is 11.3. The fourth-order valence-corrected chi connectivity index (χ4v) is 2.33. The molecule has 5 heteroatoms. The normalized spacial score (nSPS) is 16.3. The van der Waals surface area contributed by atoms with E-state index in [-0.39, 0.29) is 11.6 Å². The van der Waals surface area contributed by atoms with Gasteiger partial charge in [-0.05, 0) is 24.3 Å². The van der Waals surface area contributed by atoms with Crippen molar-refractivity contribution in [1.82, 2.24) is 0 Å². The van der Waals surface area contributed by atoms with E-state index in [9.17, 15) is 9.90 Å². The third-order valence-corrected chi connectivity index (χ3v) is 3.30. The van der Waals surface area contributed by atoms with E-state index in [0.29, 0.717) is 18.0 Å². The highest BCUT2D eigenvalue weighted by molar-refractivity contribution is 5.95. The number of carboxylic acids is 1. The van der Waals surface area contributed by atoms with Crippen molar-refractivity contribution in [2.75, 3.05) is 17.7 Å². The van der Waals surface area contributed by atoms with Crippen molar-refractivity contribution in [2.45, 2.75) is 6.04 Å². The first-order valence-electron chi connectivity index (χ1n) is 6.26. The van der Waals surface area contributed by atoms with Crippen molar-refractivity contribution in [2.24, 2.45) is 0 Å². The summed E-state index contributed by atoms with van der Waals surface area (Å²) in [5.74, 6) is -0.177. The zero-order valence-corrected chi connectivity index (χ0v) is 10.7. The van der Waals surface area contributed by atoms with Gasteiger partial charge in [0.2, 0.25) is 0 Å². The van der Waals surface area contributed by atoms with Gasteiger partial charge in [0, 0.05) is 16.9 Å². The van der Waals surface area contributed by atoms with Crippen LogP contribution in [0.15, 0.2) is 42.5 Å². The summed E-state index contributed by atoms with van der Waals surface area (Å²) >= 11 is 0. The molecular weight excluding hydrogens is 256 g/mol. The molecule has 0 spiro atoms. The van der Waals surface area contributed by atoms with Crippen molar-refractivity contribution in [1.29, 1.82) is 0 Å². The van der Waals surface area contributed by atoms with Gasteiger partial charge in [0.1, 0.15) is 12.4 Å². The Morgan fingerprint density at radius 2 is 2.10 bits per heavy atom. The van der Waals surface area contributed by atoms with E-state index in [4.69, 9.17) is 10.5 Å². The van der Waals surface area contributed by atoms with Gasteiger partial charge in [-0.15, -0.1) is 0 Å². The molecule has 1 aliphatic rings. The molecule has 4 N–H and O–H groups in total. The molecule has 1 unspecified atom stereocenters. The minimum Gasteiger partial charge on any atom is -0.491 e. The molecule has 1 atom stereocenters. The number of carboxylic acid groups (broad SMARTS) is 1. The van der Waals surface area contributed by atoms with Crippen molar-refractivity contribution in [3.8, 4) is 5.75 Å². The van der Waals surface area contributed by atoms with E-state index in [1.165, 1.54) is 6.07 Å². The molecule has 0 radical (unpaired) electrons. The largest absolute Gasteiger partial charge is 0.491 e. The van der Waals surface area contributed by atoms with E-state index in [1.54, 1.807) is 12.1 Å². The molecule has 2 aromatic rings. The molecule has 20 heavy (non-hydrogen) atoms. The number of anilines is 2. The average molecular weight is 270 g/mol. The fourth-order valence-electron chi connectivity index (χ4n) is 2.33. The second-order valence-electron chi connectivity index (χ2n) is 4.66. The van der Waals surface area contributed by atoms with Gasteiger partial charge in [0.05, 0.1) is 11.6 Å². The molecular formula is C15H14N2O3. The summed E-state index contributed by atoms with van der Waals surface area (Å²) in [6.07, 6.45) is 0. The van der Waals surface area contributed by atoms with Crippen LogP contribution in [-0.2, 0) is 0 Å². The van der Waals surface area contributed by atoms with Crippen molar-refractivity contribution in [3.05, 3.63) is 53.6 Å². The number of nitrogens with two attached hydrogens (primary N) is 1. The lowest BCUT2D eigenvalue weighted by atomic mass is 10.1. The first-order chi connectivity index (χ1) is 9.65. The average Bonchev–Trinajstić information content (AvgIpc) is 2.84. The van der Waals surface area contributed by atoms with E-state index >= 15 is 0 Å². The first-order valence-corrected chi connectivity index (χ1v) is 6.26. The van der Waals surface area contributed by atoms with Crippen LogP contribution in [0.25, 0.3) is 0 Å². The number of carbonyl (C=O) groups is 1. The maximum absolute atomic E-state index is 11.3. The van der Waals surface area contributed by atoms with Crippen molar-refractivity contribution < 1.29 is 14.6 Å². The minimum atomic E-state index is -1.01. The number of rotatable bonds is 3. The van der Waals surface area contributed by atoms with E-state index in [1.807, 2.05) is 24.3 Å². The number of aromatic carboxylic acids is 1. The molecule has 0 saturated carbocycles. The van der Waals surface area contributed by atoms with Crippen LogP contribution in [-0.4, -0.2) is 17.7 Å². The number of nitrogens with one attached hydrogen (secondary N) is 1. The van der Waals surface area contributed by atoms with Crippen LogP contribution < -0.4 is 15.8 Å². The first kappa shape index (κ1) is 12.3. The van der Waals surface area contributed by atoms with Crippen LogP contribution in [0.3, 0.4) is 0 Å². The third-order valence-electron chi connectivity index (χ3n) is 3.30. The minimum absolute atomic E-state index is 0.0621. The lowest BCUT2D eigenvalue weighted by Crippen LogP contribution is -2.14. The van der Waals surface area contributed by atoms with Gasteiger partial charge in [-0.2, -0.15) is 0 Å². The Kier molecular flexibility index (Phi) is 2.95. The Bertz CT molecular complexity index is 670. The second kappa shape index (κ2) is 4.77. The Labute approximate surface area is 116 Å². The van der Waals surface area contributed by atoms with Gasteiger partial charge in [0.15, 0.2) is 0 Å². The highest BCUT2D eigenvalue weighted by Gasteiger charge is 2.24. The number of para-hydroxylation sites is 1. The summed E-state index contributed by atoms with van der Waals surface area (Å²) in [7, 11) is 0. The summed E-state index contributed by atoms with van der Waals surface area (Å²) in [6, 6.07) is 12.5. The van der Waals surface area contributed by atoms with Crippen LogP contribution >= 0.6 is 0 Å². The van der Waals surface area contributed by atoms with Crippen LogP contribution in [0.1, 0.15) is 22.0 Å². The molecule has 2 aromatic carbocycles. The van der Waals surface area contributed by atoms with E-state index in [0.717, 1.165) is 11.3 Å². The summed E-state index contributed by atoms with van der Waals surface area (Å²) in [5.41, 5.74) is 7.79. The predicted molar refractivity (Wildman–Crippen MR) is 76.1 cm³/mol. The van der Waals surface area contributed by atoms with Gasteiger partial charge >= 0.3 is 5.97 Å². The van der Waals surface area contributed by atoms with Crippen LogP contribution in [0.5, 0.6) is 5.75 Å². The number of nitrogen functional groups attached to an aromatic ring is 1. The third kappa shape index (κ3) is 2.14. The van der Waals surface area contributed by atoms with E-state index < -0.39 is 5.97 Å². The number of hydrogen-bond acceptors (Lipinski definition) is 4. The molecule has 3 rings (SSSR count). The topological polar surface area (TPSA) is 84.6 Å². The van der Waals surface area contributed by atoms with Crippen LogP contribution in [0, 0.1) is 0 Å². The molecule has 5 nitrogen and oxygen atoms in total. The summed E-state index contributed by atoms with van der Waals surface area (Å²) < 4.78 is 5.57. The molecule has 1 heterocycles. The molecule has 0 aromatic heterocycles. The molecule has 0 fully saturated rings. The summed E-state index contributed by atoms with van der Waals surface area (Å²) in [6.45, 7) is 0.475. The lowest BCUT2D eigenvalue weighted by Gasteiger charge is -2.15. The molecule has 102 valence electrons. The SMILES string of the molecule is Nc1ccc(NC2COc3ccccc32)c(C(=O)O)c1. The highest BCUT2D eigenvalue weighted by Crippen LogP contribution is 2.35. The highest BCUT2D eigenvalue weighted by atomic mass is 16.5. The number of fused-ring (bicyclic) bond motifs is 1. The van der Waals surface area contributed by atoms with Crippen LogP contribution in [0.2, 0.25) is 0 Å². The van der Waals surface area contributed by atoms with Gasteiger partial charge in [-0.1, -0.05) is 18.2 Å². The summed E-state index contributed by atoms with van der Waals surface area (Å²) in [5, 5.41) is 12.4. The van der Waals surface area contributed by atoms with Gasteiger partial charge in [-0.3, -0.25) is 0 Å². The molecule has 0 bridgehead atoms. The number of hydrogen-bond donors (Lipinski definition) is 3. The van der Waals surface area contributed by atoms with Gasteiger partial charge < -0.3 is 20.9 Å². The molecule has 0 amide bonds. The maximum Gasteiger partial charge on any atom is 0.337 e. The van der Waals surface area contributed by atoms with E-state index in [2.05, 4.69) is 5.32 Å². The monoisotopic (exact) mass is 270 g/mol.